The van der Waals surface area contributed by atoms with Crippen molar-refractivity contribution in [2.45, 2.75) is 13.0 Å². The Kier molecular flexibility index (Phi) is 3.48. The average Bonchev–Trinajstić information content (AvgIpc) is 2.38. The van der Waals surface area contributed by atoms with Crippen LogP contribution in [0.4, 0.5) is 18.9 Å². The standard InChI is InChI=1S/C14H12F3NO/c1-7-2-4-9(13(17)12(7)16)14(19)10-6-8(15)3-5-11(10)18/h2-6,14,19H,18H2,1H3. The predicted octanol–water partition coefficient (Wildman–Crippen LogP) is 3.08. The van der Waals surface area contributed by atoms with Gasteiger partial charge in [0.2, 0.25) is 0 Å². The molecule has 0 heterocycles. The number of anilines is 1. The van der Waals surface area contributed by atoms with Crippen molar-refractivity contribution in [1.82, 2.24) is 0 Å². The molecule has 0 aliphatic rings. The molecule has 5 heteroatoms. The van der Waals surface area contributed by atoms with Crippen LogP contribution < -0.4 is 5.73 Å². The van der Waals surface area contributed by atoms with Crippen molar-refractivity contribution in [3.05, 3.63) is 64.5 Å². The second-order valence-electron chi connectivity index (χ2n) is 4.28. The molecule has 2 rings (SSSR count). The van der Waals surface area contributed by atoms with Gasteiger partial charge in [-0.15, -0.1) is 0 Å². The molecular weight excluding hydrogens is 255 g/mol. The fourth-order valence-corrected chi connectivity index (χ4v) is 1.82. The topological polar surface area (TPSA) is 46.2 Å². The normalized spacial score (nSPS) is 12.5. The molecule has 2 nitrogen and oxygen atoms in total. The highest BCUT2D eigenvalue weighted by molar-refractivity contribution is 5.51. The van der Waals surface area contributed by atoms with Crippen molar-refractivity contribution in [2.24, 2.45) is 0 Å². The number of aliphatic hydroxyl groups excluding tert-OH is 1. The van der Waals surface area contributed by atoms with E-state index in [1.54, 1.807) is 0 Å². The van der Waals surface area contributed by atoms with Crippen molar-refractivity contribution < 1.29 is 18.3 Å². The van der Waals surface area contributed by atoms with Crippen LogP contribution in [0, 0.1) is 24.4 Å². The smallest absolute Gasteiger partial charge is 0.165 e. The van der Waals surface area contributed by atoms with Gasteiger partial charge in [0.05, 0.1) is 0 Å². The van der Waals surface area contributed by atoms with E-state index in [4.69, 9.17) is 5.73 Å². The minimum absolute atomic E-state index is 0.00199. The zero-order valence-electron chi connectivity index (χ0n) is 10.1. The number of nitrogens with two attached hydrogens (primary N) is 1. The first-order valence-corrected chi connectivity index (χ1v) is 5.59. The third-order valence-corrected chi connectivity index (χ3v) is 2.94. The van der Waals surface area contributed by atoms with Crippen molar-refractivity contribution in [3.63, 3.8) is 0 Å². The number of halogens is 3. The lowest BCUT2D eigenvalue weighted by Gasteiger charge is -2.15. The van der Waals surface area contributed by atoms with Crippen LogP contribution in [-0.4, -0.2) is 5.11 Å². The predicted molar refractivity (Wildman–Crippen MR) is 66.0 cm³/mol. The summed E-state index contributed by atoms with van der Waals surface area (Å²) in [6, 6.07) is 5.97. The zero-order valence-corrected chi connectivity index (χ0v) is 10.1. The van der Waals surface area contributed by atoms with Crippen LogP contribution in [0.25, 0.3) is 0 Å². The van der Waals surface area contributed by atoms with Crippen molar-refractivity contribution >= 4 is 5.69 Å². The van der Waals surface area contributed by atoms with Gasteiger partial charge in [-0.05, 0) is 30.7 Å². The monoisotopic (exact) mass is 267 g/mol. The Balaban J connectivity index is 2.53. The molecule has 0 aromatic heterocycles. The Bertz CT molecular complexity index is 628. The molecule has 0 amide bonds. The maximum absolute atomic E-state index is 13.8. The number of hydrogen-bond donors (Lipinski definition) is 2. The average molecular weight is 267 g/mol. The van der Waals surface area contributed by atoms with Gasteiger partial charge in [0.1, 0.15) is 11.9 Å². The van der Waals surface area contributed by atoms with E-state index in [1.807, 2.05) is 0 Å². The van der Waals surface area contributed by atoms with E-state index in [0.717, 1.165) is 12.1 Å². The van der Waals surface area contributed by atoms with Gasteiger partial charge >= 0.3 is 0 Å². The highest BCUT2D eigenvalue weighted by Gasteiger charge is 2.21. The molecule has 2 aromatic carbocycles. The number of nitrogen functional groups attached to an aromatic ring is 1. The second-order valence-corrected chi connectivity index (χ2v) is 4.28. The zero-order chi connectivity index (χ0) is 14.2. The Morgan fingerprint density at radius 2 is 1.68 bits per heavy atom. The largest absolute Gasteiger partial charge is 0.398 e. The van der Waals surface area contributed by atoms with Crippen LogP contribution in [0.5, 0.6) is 0 Å². The molecule has 3 N–H and O–H groups in total. The van der Waals surface area contributed by atoms with Gasteiger partial charge < -0.3 is 10.8 Å². The molecule has 19 heavy (non-hydrogen) atoms. The summed E-state index contributed by atoms with van der Waals surface area (Å²) in [5.74, 6) is -2.81. The lowest BCUT2D eigenvalue weighted by Crippen LogP contribution is -2.08. The lowest BCUT2D eigenvalue weighted by atomic mass is 9.98. The Morgan fingerprint density at radius 3 is 2.37 bits per heavy atom. The van der Waals surface area contributed by atoms with Gasteiger partial charge in [0, 0.05) is 16.8 Å². The minimum Gasteiger partial charge on any atom is -0.398 e. The highest BCUT2D eigenvalue weighted by Crippen LogP contribution is 2.30. The van der Waals surface area contributed by atoms with Crippen LogP contribution in [-0.2, 0) is 0 Å². The Labute approximate surface area is 108 Å². The summed E-state index contributed by atoms with van der Waals surface area (Å²) in [6.45, 7) is 1.41. The first-order valence-electron chi connectivity index (χ1n) is 5.59. The summed E-state index contributed by atoms with van der Waals surface area (Å²) in [7, 11) is 0. The van der Waals surface area contributed by atoms with E-state index >= 15 is 0 Å². The number of aliphatic hydroxyl groups is 1. The lowest BCUT2D eigenvalue weighted by molar-refractivity contribution is 0.213. The quantitative estimate of drug-likeness (QED) is 0.821. The SMILES string of the molecule is Cc1ccc(C(O)c2cc(F)ccc2N)c(F)c1F. The molecule has 1 atom stereocenters. The summed E-state index contributed by atoms with van der Waals surface area (Å²) in [4.78, 5) is 0. The molecule has 1 unspecified atom stereocenters. The fraction of sp³-hybridized carbons (Fsp3) is 0.143. The molecule has 2 aromatic rings. The van der Waals surface area contributed by atoms with E-state index in [2.05, 4.69) is 0 Å². The molecule has 0 saturated carbocycles. The molecule has 0 radical (unpaired) electrons. The fourth-order valence-electron chi connectivity index (χ4n) is 1.82. The Morgan fingerprint density at radius 1 is 1.00 bits per heavy atom. The van der Waals surface area contributed by atoms with E-state index in [1.165, 1.54) is 25.1 Å². The molecular formula is C14H12F3NO. The van der Waals surface area contributed by atoms with E-state index in [0.29, 0.717) is 0 Å². The van der Waals surface area contributed by atoms with Crippen LogP contribution in [0.3, 0.4) is 0 Å². The molecule has 0 bridgehead atoms. The maximum Gasteiger partial charge on any atom is 0.165 e. The summed E-state index contributed by atoms with van der Waals surface area (Å²) < 4.78 is 40.3. The molecule has 0 saturated heterocycles. The maximum atomic E-state index is 13.8. The van der Waals surface area contributed by atoms with Crippen molar-refractivity contribution in [2.75, 3.05) is 5.73 Å². The number of hydrogen-bond acceptors (Lipinski definition) is 2. The van der Waals surface area contributed by atoms with Crippen molar-refractivity contribution in [3.8, 4) is 0 Å². The highest BCUT2D eigenvalue weighted by atomic mass is 19.2. The van der Waals surface area contributed by atoms with E-state index in [-0.39, 0.29) is 22.4 Å². The molecule has 0 spiro atoms. The number of rotatable bonds is 2. The number of benzene rings is 2. The van der Waals surface area contributed by atoms with E-state index in [9.17, 15) is 18.3 Å². The molecule has 0 aliphatic carbocycles. The van der Waals surface area contributed by atoms with Gasteiger partial charge in [-0.2, -0.15) is 0 Å². The Hall–Kier alpha value is -2.01. The van der Waals surface area contributed by atoms with Gasteiger partial charge in [0.15, 0.2) is 11.6 Å². The first kappa shape index (κ1) is 13.4. The van der Waals surface area contributed by atoms with Crippen molar-refractivity contribution in [1.29, 1.82) is 0 Å². The molecule has 0 fully saturated rings. The summed E-state index contributed by atoms with van der Waals surface area (Å²) in [5, 5.41) is 10.0. The summed E-state index contributed by atoms with van der Waals surface area (Å²) in [5.41, 5.74) is 5.56. The summed E-state index contributed by atoms with van der Waals surface area (Å²) in [6.07, 6.45) is -1.52. The third-order valence-electron chi connectivity index (χ3n) is 2.94. The molecule has 100 valence electrons. The van der Waals surface area contributed by atoms with Gasteiger partial charge in [-0.25, -0.2) is 13.2 Å². The van der Waals surface area contributed by atoms with Gasteiger partial charge in [-0.1, -0.05) is 12.1 Å². The van der Waals surface area contributed by atoms with Crippen LogP contribution in [0.15, 0.2) is 30.3 Å². The molecule has 0 aliphatic heterocycles. The van der Waals surface area contributed by atoms with Gasteiger partial charge in [0.25, 0.3) is 0 Å². The van der Waals surface area contributed by atoms with Crippen LogP contribution in [0.2, 0.25) is 0 Å². The van der Waals surface area contributed by atoms with Crippen LogP contribution in [0.1, 0.15) is 22.8 Å². The van der Waals surface area contributed by atoms with Gasteiger partial charge in [-0.3, -0.25) is 0 Å². The minimum atomic E-state index is -1.52. The third kappa shape index (κ3) is 2.42. The van der Waals surface area contributed by atoms with Crippen LogP contribution >= 0.6 is 0 Å². The summed E-state index contributed by atoms with van der Waals surface area (Å²) >= 11 is 0. The second kappa shape index (κ2) is 4.93. The first-order chi connectivity index (χ1) is 8.91. The van der Waals surface area contributed by atoms with E-state index < -0.39 is 23.6 Å². The number of aryl methyl sites for hydroxylation is 1.